The maximum Gasteiger partial charge on any atom is 0.123 e. The molecule has 0 saturated carbocycles. The SMILES string of the molecule is CCCCCCC(NCCC)c1cc(Br)c(C)cc1OC. The number of halogens is 1. The standard InChI is InChI=1S/C18H30BrNO/c1-5-7-8-9-10-17(20-11-6-2)15-13-16(19)14(3)12-18(15)21-4/h12-13,17,20H,5-11H2,1-4H3. The summed E-state index contributed by atoms with van der Waals surface area (Å²) in [5, 5.41) is 3.68. The predicted molar refractivity (Wildman–Crippen MR) is 95.2 cm³/mol. The van der Waals surface area contributed by atoms with Gasteiger partial charge in [0.25, 0.3) is 0 Å². The monoisotopic (exact) mass is 355 g/mol. The number of unbranched alkanes of at least 4 members (excludes halogenated alkanes) is 3. The first-order chi connectivity index (χ1) is 10.1. The average Bonchev–Trinajstić information content (AvgIpc) is 2.49. The van der Waals surface area contributed by atoms with E-state index in [9.17, 15) is 0 Å². The second-order valence-corrected chi connectivity index (χ2v) is 6.55. The molecule has 1 aromatic carbocycles. The Bertz CT molecular complexity index is 420. The number of nitrogens with one attached hydrogen (secondary N) is 1. The third-order valence-corrected chi connectivity index (χ3v) is 4.73. The van der Waals surface area contributed by atoms with Crippen molar-refractivity contribution in [2.24, 2.45) is 0 Å². The molecule has 120 valence electrons. The van der Waals surface area contributed by atoms with Crippen LogP contribution in [0.1, 0.15) is 69.5 Å². The molecule has 1 rings (SSSR count). The van der Waals surface area contributed by atoms with Crippen molar-refractivity contribution in [1.82, 2.24) is 5.32 Å². The minimum atomic E-state index is 0.383. The van der Waals surface area contributed by atoms with Crippen LogP contribution < -0.4 is 10.1 Å². The molecular weight excluding hydrogens is 326 g/mol. The first-order valence-electron chi connectivity index (χ1n) is 8.21. The molecule has 0 aliphatic rings. The van der Waals surface area contributed by atoms with E-state index < -0.39 is 0 Å². The Morgan fingerprint density at radius 1 is 1.14 bits per heavy atom. The van der Waals surface area contributed by atoms with Gasteiger partial charge in [0.15, 0.2) is 0 Å². The van der Waals surface area contributed by atoms with E-state index in [2.05, 4.69) is 54.2 Å². The second kappa shape index (κ2) is 10.2. The molecule has 0 radical (unpaired) electrons. The van der Waals surface area contributed by atoms with Gasteiger partial charge in [0.05, 0.1) is 7.11 Å². The van der Waals surface area contributed by atoms with Crippen LogP contribution in [0.15, 0.2) is 16.6 Å². The Labute approximate surface area is 138 Å². The largest absolute Gasteiger partial charge is 0.496 e. The van der Waals surface area contributed by atoms with Gasteiger partial charge in [-0.25, -0.2) is 0 Å². The number of rotatable bonds is 10. The van der Waals surface area contributed by atoms with Gasteiger partial charge in [-0.05, 0) is 44.0 Å². The van der Waals surface area contributed by atoms with Gasteiger partial charge in [0.2, 0.25) is 0 Å². The first-order valence-corrected chi connectivity index (χ1v) is 9.00. The molecular formula is C18H30BrNO. The maximum atomic E-state index is 5.61. The van der Waals surface area contributed by atoms with Gasteiger partial charge >= 0.3 is 0 Å². The lowest BCUT2D eigenvalue weighted by Crippen LogP contribution is -2.22. The Hall–Kier alpha value is -0.540. The highest BCUT2D eigenvalue weighted by Gasteiger charge is 2.17. The summed E-state index contributed by atoms with van der Waals surface area (Å²) >= 11 is 3.66. The van der Waals surface area contributed by atoms with Crippen molar-refractivity contribution in [1.29, 1.82) is 0 Å². The fourth-order valence-electron chi connectivity index (χ4n) is 2.58. The highest BCUT2D eigenvalue weighted by atomic mass is 79.9. The molecule has 0 amide bonds. The maximum absolute atomic E-state index is 5.61. The lowest BCUT2D eigenvalue weighted by Gasteiger charge is -2.22. The molecule has 0 fully saturated rings. The third-order valence-electron chi connectivity index (χ3n) is 3.87. The van der Waals surface area contributed by atoms with Crippen molar-refractivity contribution in [3.63, 3.8) is 0 Å². The third kappa shape index (κ3) is 5.99. The predicted octanol–water partition coefficient (Wildman–Crippen LogP) is 5.78. The number of hydrogen-bond donors (Lipinski definition) is 1. The number of benzene rings is 1. The molecule has 1 atom stereocenters. The van der Waals surface area contributed by atoms with Crippen LogP contribution in [0.3, 0.4) is 0 Å². The normalized spacial score (nSPS) is 12.4. The zero-order valence-electron chi connectivity index (χ0n) is 14.0. The summed E-state index contributed by atoms with van der Waals surface area (Å²) in [5.41, 5.74) is 2.50. The van der Waals surface area contributed by atoms with Gasteiger partial charge in [0, 0.05) is 16.1 Å². The highest BCUT2D eigenvalue weighted by Crippen LogP contribution is 2.33. The van der Waals surface area contributed by atoms with Crippen LogP contribution in [0.2, 0.25) is 0 Å². The summed E-state index contributed by atoms with van der Waals surface area (Å²) in [7, 11) is 1.76. The number of aryl methyl sites for hydroxylation is 1. The molecule has 1 aromatic rings. The van der Waals surface area contributed by atoms with Crippen LogP contribution >= 0.6 is 15.9 Å². The molecule has 0 aliphatic heterocycles. The van der Waals surface area contributed by atoms with Gasteiger partial charge in [-0.15, -0.1) is 0 Å². The summed E-state index contributed by atoms with van der Waals surface area (Å²) in [6.45, 7) is 7.62. The lowest BCUT2D eigenvalue weighted by molar-refractivity contribution is 0.391. The summed E-state index contributed by atoms with van der Waals surface area (Å²) in [5.74, 6) is 1.000. The van der Waals surface area contributed by atoms with Crippen LogP contribution in [0.5, 0.6) is 5.75 Å². The highest BCUT2D eigenvalue weighted by molar-refractivity contribution is 9.10. The van der Waals surface area contributed by atoms with E-state index >= 15 is 0 Å². The molecule has 0 aliphatic carbocycles. The summed E-state index contributed by atoms with van der Waals surface area (Å²) in [6, 6.07) is 4.74. The lowest BCUT2D eigenvalue weighted by atomic mass is 9.97. The minimum absolute atomic E-state index is 0.383. The summed E-state index contributed by atoms with van der Waals surface area (Å²) in [6.07, 6.45) is 7.52. The molecule has 1 unspecified atom stereocenters. The Morgan fingerprint density at radius 3 is 2.52 bits per heavy atom. The van der Waals surface area contributed by atoms with Gasteiger partial charge < -0.3 is 10.1 Å². The van der Waals surface area contributed by atoms with E-state index in [-0.39, 0.29) is 0 Å². The number of ether oxygens (including phenoxy) is 1. The van der Waals surface area contributed by atoms with Crippen molar-refractivity contribution in [3.05, 3.63) is 27.7 Å². The van der Waals surface area contributed by atoms with E-state index in [1.54, 1.807) is 7.11 Å². The van der Waals surface area contributed by atoms with Crippen molar-refractivity contribution in [3.8, 4) is 5.75 Å². The Balaban J connectivity index is 2.87. The molecule has 21 heavy (non-hydrogen) atoms. The van der Waals surface area contributed by atoms with E-state index in [0.717, 1.165) is 23.2 Å². The quantitative estimate of drug-likeness (QED) is 0.537. The Kier molecular flexibility index (Phi) is 9.02. The van der Waals surface area contributed by atoms with Crippen molar-refractivity contribution < 1.29 is 4.74 Å². The zero-order chi connectivity index (χ0) is 15.7. The summed E-state index contributed by atoms with van der Waals surface area (Å²) in [4.78, 5) is 0. The zero-order valence-corrected chi connectivity index (χ0v) is 15.6. The fourth-order valence-corrected chi connectivity index (χ4v) is 2.94. The average molecular weight is 356 g/mol. The van der Waals surface area contributed by atoms with E-state index in [4.69, 9.17) is 4.74 Å². The molecule has 0 bridgehead atoms. The van der Waals surface area contributed by atoms with Crippen molar-refractivity contribution in [2.75, 3.05) is 13.7 Å². The van der Waals surface area contributed by atoms with Gasteiger partial charge in [0.1, 0.15) is 5.75 Å². The molecule has 0 saturated heterocycles. The summed E-state index contributed by atoms with van der Waals surface area (Å²) < 4.78 is 6.77. The van der Waals surface area contributed by atoms with Crippen LogP contribution in [0.4, 0.5) is 0 Å². The molecule has 2 nitrogen and oxygen atoms in total. The Morgan fingerprint density at radius 2 is 1.90 bits per heavy atom. The van der Waals surface area contributed by atoms with Gasteiger partial charge in [-0.3, -0.25) is 0 Å². The topological polar surface area (TPSA) is 21.3 Å². The van der Waals surface area contributed by atoms with Crippen molar-refractivity contribution in [2.45, 2.75) is 65.3 Å². The molecule has 0 spiro atoms. The van der Waals surface area contributed by atoms with E-state index in [0.29, 0.717) is 6.04 Å². The fraction of sp³-hybridized carbons (Fsp3) is 0.667. The van der Waals surface area contributed by atoms with E-state index in [1.165, 1.54) is 43.2 Å². The van der Waals surface area contributed by atoms with Gasteiger partial charge in [-0.1, -0.05) is 55.5 Å². The molecule has 0 heterocycles. The van der Waals surface area contributed by atoms with Crippen LogP contribution in [-0.2, 0) is 0 Å². The molecule has 3 heteroatoms. The van der Waals surface area contributed by atoms with Crippen LogP contribution in [0, 0.1) is 6.92 Å². The van der Waals surface area contributed by atoms with Crippen LogP contribution in [0.25, 0.3) is 0 Å². The van der Waals surface area contributed by atoms with Crippen molar-refractivity contribution >= 4 is 15.9 Å². The number of hydrogen-bond acceptors (Lipinski definition) is 2. The number of methoxy groups -OCH3 is 1. The first kappa shape index (κ1) is 18.5. The van der Waals surface area contributed by atoms with Gasteiger partial charge in [-0.2, -0.15) is 0 Å². The molecule has 1 N–H and O–H groups in total. The van der Waals surface area contributed by atoms with Crippen LogP contribution in [-0.4, -0.2) is 13.7 Å². The minimum Gasteiger partial charge on any atom is -0.496 e. The smallest absolute Gasteiger partial charge is 0.123 e. The second-order valence-electron chi connectivity index (χ2n) is 5.70. The molecule has 0 aromatic heterocycles. The van der Waals surface area contributed by atoms with E-state index in [1.807, 2.05) is 0 Å².